The highest BCUT2D eigenvalue weighted by Gasteiger charge is 2.13. The fourth-order valence-electron chi connectivity index (χ4n) is 3.20. The number of carbonyl (C=O) groups excluding carboxylic acids is 1. The minimum Gasteiger partial charge on any atom is -0.494 e. The summed E-state index contributed by atoms with van der Waals surface area (Å²) in [5.74, 6) is 2.30. The SMILES string of the molecule is C=CCc1c(OCCCC)cc(/C=C/C(=O)c2ccc(OCCC)cc2)cc1OCCCC. The van der Waals surface area contributed by atoms with E-state index in [9.17, 15) is 4.79 Å². The zero-order valence-electron chi connectivity index (χ0n) is 20.4. The van der Waals surface area contributed by atoms with Crippen LogP contribution in [0, 0.1) is 0 Å². The molecule has 0 radical (unpaired) electrons. The van der Waals surface area contributed by atoms with Gasteiger partial charge in [0.05, 0.1) is 19.8 Å². The summed E-state index contributed by atoms with van der Waals surface area (Å²) in [7, 11) is 0. The van der Waals surface area contributed by atoms with Gasteiger partial charge in [0.15, 0.2) is 5.78 Å². The second-order valence-corrected chi connectivity index (χ2v) is 7.96. The highest BCUT2D eigenvalue weighted by molar-refractivity contribution is 6.06. The van der Waals surface area contributed by atoms with E-state index in [0.717, 1.165) is 60.5 Å². The van der Waals surface area contributed by atoms with E-state index in [1.807, 2.05) is 36.4 Å². The summed E-state index contributed by atoms with van der Waals surface area (Å²) in [4.78, 5) is 12.7. The van der Waals surface area contributed by atoms with E-state index in [1.54, 1.807) is 18.2 Å². The zero-order valence-corrected chi connectivity index (χ0v) is 20.4. The van der Waals surface area contributed by atoms with Gasteiger partial charge in [-0.2, -0.15) is 0 Å². The molecule has 2 aromatic carbocycles. The van der Waals surface area contributed by atoms with E-state index in [0.29, 0.717) is 31.8 Å². The molecule has 0 aliphatic heterocycles. The fraction of sp³-hybridized carbons (Fsp3) is 0.414. The van der Waals surface area contributed by atoms with Crippen LogP contribution >= 0.6 is 0 Å². The fourth-order valence-corrected chi connectivity index (χ4v) is 3.20. The molecule has 0 saturated carbocycles. The van der Waals surface area contributed by atoms with E-state index in [-0.39, 0.29) is 5.78 Å². The van der Waals surface area contributed by atoms with Crippen LogP contribution in [0.25, 0.3) is 6.08 Å². The van der Waals surface area contributed by atoms with Crippen LogP contribution in [-0.4, -0.2) is 25.6 Å². The molecule has 0 bridgehead atoms. The van der Waals surface area contributed by atoms with Gasteiger partial charge in [0.25, 0.3) is 0 Å². The van der Waals surface area contributed by atoms with Gasteiger partial charge >= 0.3 is 0 Å². The third-order valence-electron chi connectivity index (χ3n) is 5.09. The number of rotatable bonds is 16. The molecule has 4 nitrogen and oxygen atoms in total. The van der Waals surface area contributed by atoms with Gasteiger partial charge in [-0.25, -0.2) is 0 Å². The molecule has 0 aromatic heterocycles. The first kappa shape index (κ1) is 26.2. The standard InChI is InChI=1S/C29H38O4/c1-5-9-19-32-28-21-23(22-29(26(28)11-7-3)33-20-10-6-2)12-17-27(30)24-13-15-25(16-14-24)31-18-8-4/h7,12-17,21-22H,3,5-6,8-11,18-20H2,1-2,4H3/b17-12+. The quantitative estimate of drug-likeness (QED) is 0.115. The van der Waals surface area contributed by atoms with Gasteiger partial charge in [-0.05, 0) is 73.7 Å². The monoisotopic (exact) mass is 450 g/mol. The van der Waals surface area contributed by atoms with Crippen LogP contribution in [0.4, 0.5) is 0 Å². The summed E-state index contributed by atoms with van der Waals surface area (Å²) in [6, 6.07) is 11.2. The number of unbranched alkanes of at least 4 members (excludes halogenated alkanes) is 2. The van der Waals surface area contributed by atoms with Crippen LogP contribution in [-0.2, 0) is 6.42 Å². The average molecular weight is 451 g/mol. The molecule has 0 N–H and O–H groups in total. The minimum absolute atomic E-state index is 0.0610. The van der Waals surface area contributed by atoms with E-state index in [4.69, 9.17) is 14.2 Å². The van der Waals surface area contributed by atoms with Crippen molar-refractivity contribution >= 4 is 11.9 Å². The second-order valence-electron chi connectivity index (χ2n) is 7.96. The van der Waals surface area contributed by atoms with Crippen molar-refractivity contribution in [1.82, 2.24) is 0 Å². The van der Waals surface area contributed by atoms with Gasteiger partial charge in [0.1, 0.15) is 17.2 Å². The number of ketones is 1. The smallest absolute Gasteiger partial charge is 0.185 e. The van der Waals surface area contributed by atoms with Crippen LogP contribution in [0.1, 0.15) is 74.4 Å². The molecule has 0 heterocycles. The lowest BCUT2D eigenvalue weighted by Crippen LogP contribution is -2.05. The number of hydrogen-bond donors (Lipinski definition) is 0. The van der Waals surface area contributed by atoms with E-state index < -0.39 is 0 Å². The van der Waals surface area contributed by atoms with Crippen LogP contribution in [0.2, 0.25) is 0 Å². The molecule has 2 aromatic rings. The summed E-state index contributed by atoms with van der Waals surface area (Å²) in [5, 5.41) is 0. The van der Waals surface area contributed by atoms with Crippen molar-refractivity contribution in [2.45, 2.75) is 59.3 Å². The molecular formula is C29H38O4. The molecule has 0 saturated heterocycles. The van der Waals surface area contributed by atoms with E-state index in [2.05, 4.69) is 27.4 Å². The Hall–Kier alpha value is -3.01. The molecule has 178 valence electrons. The maximum atomic E-state index is 12.7. The summed E-state index contributed by atoms with van der Waals surface area (Å²) in [6.07, 6.45) is 11.0. The Balaban J connectivity index is 2.25. The molecule has 0 unspecified atom stereocenters. The van der Waals surface area contributed by atoms with Crippen molar-refractivity contribution < 1.29 is 19.0 Å². The lowest BCUT2D eigenvalue weighted by Gasteiger charge is -2.17. The Kier molecular flexibility index (Phi) is 11.9. The van der Waals surface area contributed by atoms with Crippen molar-refractivity contribution in [2.75, 3.05) is 19.8 Å². The van der Waals surface area contributed by atoms with E-state index >= 15 is 0 Å². The number of hydrogen-bond acceptors (Lipinski definition) is 4. The molecular weight excluding hydrogens is 412 g/mol. The Morgan fingerprint density at radius 3 is 1.97 bits per heavy atom. The third kappa shape index (κ3) is 8.80. The van der Waals surface area contributed by atoms with Crippen LogP contribution in [0.3, 0.4) is 0 Å². The molecule has 0 amide bonds. The topological polar surface area (TPSA) is 44.8 Å². The van der Waals surface area contributed by atoms with Crippen molar-refractivity contribution in [3.8, 4) is 17.2 Å². The predicted molar refractivity (Wildman–Crippen MR) is 137 cm³/mol. The van der Waals surface area contributed by atoms with Crippen molar-refractivity contribution in [2.24, 2.45) is 0 Å². The van der Waals surface area contributed by atoms with E-state index in [1.165, 1.54) is 0 Å². The lowest BCUT2D eigenvalue weighted by atomic mass is 10.0. The Morgan fingerprint density at radius 1 is 0.848 bits per heavy atom. The molecule has 0 aliphatic carbocycles. The van der Waals surface area contributed by atoms with Crippen LogP contribution < -0.4 is 14.2 Å². The molecule has 0 atom stereocenters. The Bertz CT molecular complexity index is 865. The van der Waals surface area contributed by atoms with Crippen LogP contribution in [0.15, 0.2) is 55.1 Å². The zero-order chi connectivity index (χ0) is 23.9. The average Bonchev–Trinajstić information content (AvgIpc) is 2.83. The largest absolute Gasteiger partial charge is 0.494 e. The van der Waals surface area contributed by atoms with Gasteiger partial charge in [0, 0.05) is 11.1 Å². The van der Waals surface area contributed by atoms with Crippen molar-refractivity contribution in [3.63, 3.8) is 0 Å². The molecule has 4 heteroatoms. The van der Waals surface area contributed by atoms with Gasteiger partial charge in [-0.15, -0.1) is 6.58 Å². The maximum absolute atomic E-state index is 12.7. The minimum atomic E-state index is -0.0610. The molecule has 0 fully saturated rings. The third-order valence-corrected chi connectivity index (χ3v) is 5.09. The van der Waals surface area contributed by atoms with Gasteiger partial charge < -0.3 is 14.2 Å². The summed E-state index contributed by atoms with van der Waals surface area (Å²) in [5.41, 5.74) is 2.50. The highest BCUT2D eigenvalue weighted by Crippen LogP contribution is 2.33. The number of allylic oxidation sites excluding steroid dienone is 2. The summed E-state index contributed by atoms with van der Waals surface area (Å²) < 4.78 is 17.8. The van der Waals surface area contributed by atoms with Gasteiger partial charge in [-0.3, -0.25) is 4.79 Å². The van der Waals surface area contributed by atoms with Gasteiger partial charge in [-0.1, -0.05) is 45.8 Å². The van der Waals surface area contributed by atoms with Gasteiger partial charge in [0.2, 0.25) is 0 Å². The van der Waals surface area contributed by atoms with Crippen molar-refractivity contribution in [1.29, 1.82) is 0 Å². The first-order chi connectivity index (χ1) is 16.1. The first-order valence-electron chi connectivity index (χ1n) is 12.1. The number of carbonyl (C=O) groups is 1. The number of benzene rings is 2. The molecule has 33 heavy (non-hydrogen) atoms. The highest BCUT2D eigenvalue weighted by atomic mass is 16.5. The second kappa shape index (κ2) is 14.9. The summed E-state index contributed by atoms with van der Waals surface area (Å²) in [6.45, 7) is 12.2. The van der Waals surface area contributed by atoms with Crippen LogP contribution in [0.5, 0.6) is 17.2 Å². The molecule has 2 rings (SSSR count). The molecule has 0 spiro atoms. The molecule has 0 aliphatic rings. The maximum Gasteiger partial charge on any atom is 0.185 e. The lowest BCUT2D eigenvalue weighted by molar-refractivity contribution is 0.104. The normalized spacial score (nSPS) is 10.9. The summed E-state index contributed by atoms with van der Waals surface area (Å²) >= 11 is 0. The van der Waals surface area contributed by atoms with Crippen molar-refractivity contribution in [3.05, 3.63) is 71.8 Å². The predicted octanol–water partition coefficient (Wildman–Crippen LogP) is 7.46. The Morgan fingerprint density at radius 2 is 1.45 bits per heavy atom. The Labute approximate surface area is 199 Å². The number of ether oxygens (including phenoxy) is 3. The first-order valence-corrected chi connectivity index (χ1v) is 12.1.